The molecule has 2 N–H and O–H groups in total. The molecule has 1 unspecified atom stereocenters. The summed E-state index contributed by atoms with van der Waals surface area (Å²) in [5.74, 6) is 0. The largest absolute Gasteiger partial charge is 0.316 e. The Balaban J connectivity index is 1.88. The number of rotatable bonds is 7. The first kappa shape index (κ1) is 11.0. The lowest BCUT2D eigenvalue weighted by molar-refractivity contribution is 0.459. The minimum atomic E-state index is 0.654. The predicted molar refractivity (Wildman–Crippen MR) is 58.0 cm³/mol. The lowest BCUT2D eigenvalue weighted by atomic mass is 10.1. The van der Waals surface area contributed by atoms with Crippen molar-refractivity contribution in [3.05, 3.63) is 0 Å². The van der Waals surface area contributed by atoms with Crippen LogP contribution in [0.25, 0.3) is 0 Å². The lowest BCUT2D eigenvalue weighted by Crippen LogP contribution is -2.31. The monoisotopic (exact) mass is 184 g/mol. The van der Waals surface area contributed by atoms with E-state index in [9.17, 15) is 0 Å². The van der Waals surface area contributed by atoms with Gasteiger partial charge in [-0.3, -0.25) is 0 Å². The van der Waals surface area contributed by atoms with Crippen LogP contribution in [0.1, 0.15) is 40.0 Å². The van der Waals surface area contributed by atoms with Gasteiger partial charge in [0.25, 0.3) is 0 Å². The molecule has 0 bridgehead atoms. The molecule has 1 rings (SSSR count). The molecule has 2 nitrogen and oxygen atoms in total. The second kappa shape index (κ2) is 4.97. The van der Waals surface area contributed by atoms with Crippen molar-refractivity contribution in [1.29, 1.82) is 0 Å². The van der Waals surface area contributed by atoms with Crippen LogP contribution < -0.4 is 10.6 Å². The Morgan fingerprint density at radius 2 is 2.08 bits per heavy atom. The molecule has 0 amide bonds. The maximum Gasteiger partial charge on any atom is 0.00506 e. The Kier molecular flexibility index (Phi) is 4.20. The van der Waals surface area contributed by atoms with Crippen LogP contribution in [0.4, 0.5) is 0 Å². The molecule has 1 fully saturated rings. The third kappa shape index (κ3) is 4.63. The van der Waals surface area contributed by atoms with Gasteiger partial charge in [0.2, 0.25) is 0 Å². The van der Waals surface area contributed by atoms with E-state index in [0.29, 0.717) is 11.5 Å². The average Bonchev–Trinajstić information content (AvgIpc) is 2.79. The van der Waals surface area contributed by atoms with Crippen molar-refractivity contribution in [2.75, 3.05) is 19.6 Å². The summed E-state index contributed by atoms with van der Waals surface area (Å²) in [4.78, 5) is 0. The van der Waals surface area contributed by atoms with Crippen LogP contribution in [-0.4, -0.2) is 25.7 Å². The van der Waals surface area contributed by atoms with Gasteiger partial charge in [-0.2, -0.15) is 0 Å². The van der Waals surface area contributed by atoms with Gasteiger partial charge in [0, 0.05) is 12.6 Å². The van der Waals surface area contributed by atoms with E-state index >= 15 is 0 Å². The third-order valence-corrected chi connectivity index (χ3v) is 2.96. The molecular weight excluding hydrogens is 160 g/mol. The summed E-state index contributed by atoms with van der Waals surface area (Å²) in [6, 6.07) is 0.657. The number of hydrogen-bond donors (Lipinski definition) is 2. The molecule has 0 radical (unpaired) electrons. The zero-order valence-corrected chi connectivity index (χ0v) is 9.32. The van der Waals surface area contributed by atoms with Gasteiger partial charge in [0.1, 0.15) is 0 Å². The van der Waals surface area contributed by atoms with Gasteiger partial charge in [0.15, 0.2) is 0 Å². The molecule has 0 aliphatic heterocycles. The molecule has 0 aromatic rings. The van der Waals surface area contributed by atoms with Crippen molar-refractivity contribution in [3.63, 3.8) is 0 Å². The third-order valence-electron chi connectivity index (χ3n) is 2.96. The fourth-order valence-corrected chi connectivity index (χ4v) is 1.55. The highest BCUT2D eigenvalue weighted by atomic mass is 14.9. The van der Waals surface area contributed by atoms with Crippen LogP contribution >= 0.6 is 0 Å². The molecule has 1 saturated carbocycles. The smallest absolute Gasteiger partial charge is 0.00506 e. The molecule has 0 spiro atoms. The molecule has 1 atom stereocenters. The highest BCUT2D eigenvalue weighted by molar-refractivity contribution is 4.90. The highest BCUT2D eigenvalue weighted by Crippen LogP contribution is 2.43. The van der Waals surface area contributed by atoms with E-state index in [-0.39, 0.29) is 0 Å². The van der Waals surface area contributed by atoms with Crippen LogP contribution in [-0.2, 0) is 0 Å². The number of nitrogens with one attached hydrogen (secondary N) is 2. The van der Waals surface area contributed by atoms with E-state index in [4.69, 9.17) is 0 Å². The first-order chi connectivity index (χ1) is 6.16. The van der Waals surface area contributed by atoms with Crippen molar-refractivity contribution in [3.8, 4) is 0 Å². The van der Waals surface area contributed by atoms with Gasteiger partial charge >= 0.3 is 0 Å². The molecule has 0 saturated heterocycles. The maximum absolute atomic E-state index is 3.54. The normalized spacial score (nSPS) is 21.5. The summed E-state index contributed by atoms with van der Waals surface area (Å²) in [5, 5.41) is 6.96. The van der Waals surface area contributed by atoms with E-state index in [0.717, 1.165) is 13.1 Å². The molecule has 0 heterocycles. The van der Waals surface area contributed by atoms with Crippen molar-refractivity contribution in [2.24, 2.45) is 5.41 Å². The summed E-state index contributed by atoms with van der Waals surface area (Å²) < 4.78 is 0. The lowest BCUT2D eigenvalue weighted by Gasteiger charge is -2.14. The quantitative estimate of drug-likeness (QED) is 0.589. The molecule has 2 heteroatoms. The minimum Gasteiger partial charge on any atom is -0.316 e. The van der Waals surface area contributed by atoms with Gasteiger partial charge in [-0.1, -0.05) is 13.8 Å². The molecule has 1 aliphatic carbocycles. The highest BCUT2D eigenvalue weighted by Gasteiger charge is 2.36. The van der Waals surface area contributed by atoms with E-state index in [1.54, 1.807) is 0 Å². The Bertz CT molecular complexity index is 141. The van der Waals surface area contributed by atoms with Crippen LogP contribution in [0.5, 0.6) is 0 Å². The predicted octanol–water partition coefficient (Wildman–Crippen LogP) is 1.76. The van der Waals surface area contributed by atoms with Gasteiger partial charge in [-0.15, -0.1) is 0 Å². The molecule has 0 aromatic heterocycles. The number of hydrogen-bond acceptors (Lipinski definition) is 2. The molecular formula is C11H24N2. The van der Waals surface area contributed by atoms with Gasteiger partial charge in [0.05, 0.1) is 0 Å². The SMILES string of the molecule is CCNC(C)CCNCC1(C)CC1. The summed E-state index contributed by atoms with van der Waals surface area (Å²) >= 11 is 0. The summed E-state index contributed by atoms with van der Waals surface area (Å²) in [6.07, 6.45) is 4.08. The van der Waals surface area contributed by atoms with Crippen molar-refractivity contribution in [2.45, 2.75) is 46.1 Å². The van der Waals surface area contributed by atoms with Crippen LogP contribution in [0.3, 0.4) is 0 Å². The molecule has 1 aliphatic rings. The summed E-state index contributed by atoms with van der Waals surface area (Å²) in [5.41, 5.74) is 0.654. The van der Waals surface area contributed by atoms with E-state index in [1.807, 2.05) is 0 Å². The van der Waals surface area contributed by atoms with E-state index in [1.165, 1.54) is 25.8 Å². The summed E-state index contributed by atoms with van der Waals surface area (Å²) in [7, 11) is 0. The van der Waals surface area contributed by atoms with Crippen molar-refractivity contribution in [1.82, 2.24) is 10.6 Å². The van der Waals surface area contributed by atoms with Crippen molar-refractivity contribution >= 4 is 0 Å². The topological polar surface area (TPSA) is 24.1 Å². The molecule has 0 aromatic carbocycles. The average molecular weight is 184 g/mol. The van der Waals surface area contributed by atoms with Gasteiger partial charge in [-0.25, -0.2) is 0 Å². The van der Waals surface area contributed by atoms with Crippen LogP contribution in [0.2, 0.25) is 0 Å². The summed E-state index contributed by atoms with van der Waals surface area (Å²) in [6.45, 7) is 10.2. The fraction of sp³-hybridized carbons (Fsp3) is 1.00. The zero-order chi connectivity index (χ0) is 9.73. The Labute approximate surface area is 82.5 Å². The standard InChI is InChI=1S/C11H24N2/c1-4-13-10(2)5-8-12-9-11(3)6-7-11/h10,12-13H,4-9H2,1-3H3. The van der Waals surface area contributed by atoms with E-state index in [2.05, 4.69) is 31.4 Å². The molecule has 13 heavy (non-hydrogen) atoms. The van der Waals surface area contributed by atoms with Crippen LogP contribution in [0, 0.1) is 5.41 Å². The zero-order valence-electron chi connectivity index (χ0n) is 9.32. The Morgan fingerprint density at radius 1 is 1.38 bits per heavy atom. The second-order valence-electron chi connectivity index (χ2n) is 4.73. The minimum absolute atomic E-state index is 0.654. The van der Waals surface area contributed by atoms with Gasteiger partial charge < -0.3 is 10.6 Å². The van der Waals surface area contributed by atoms with Crippen LogP contribution in [0.15, 0.2) is 0 Å². The first-order valence-electron chi connectivity index (χ1n) is 5.60. The first-order valence-corrected chi connectivity index (χ1v) is 5.60. The Morgan fingerprint density at radius 3 is 2.62 bits per heavy atom. The maximum atomic E-state index is 3.54. The second-order valence-corrected chi connectivity index (χ2v) is 4.73. The van der Waals surface area contributed by atoms with Crippen molar-refractivity contribution < 1.29 is 0 Å². The fourth-order valence-electron chi connectivity index (χ4n) is 1.55. The van der Waals surface area contributed by atoms with Gasteiger partial charge in [-0.05, 0) is 44.7 Å². The Hall–Kier alpha value is -0.0800. The molecule has 78 valence electrons. The van der Waals surface area contributed by atoms with E-state index < -0.39 is 0 Å².